The highest BCUT2D eigenvalue weighted by molar-refractivity contribution is 9.11. The van der Waals surface area contributed by atoms with Crippen molar-refractivity contribution < 1.29 is 13.2 Å². The van der Waals surface area contributed by atoms with Crippen molar-refractivity contribution in [3.63, 3.8) is 0 Å². The van der Waals surface area contributed by atoms with Crippen molar-refractivity contribution >= 4 is 53.3 Å². The summed E-state index contributed by atoms with van der Waals surface area (Å²) in [5, 5.41) is 2.68. The van der Waals surface area contributed by atoms with Crippen LogP contribution in [0, 0.1) is 0 Å². The zero-order valence-electron chi connectivity index (χ0n) is 10.9. The maximum atomic E-state index is 12.2. The molecule has 0 fully saturated rings. The standard InChI is InChI=1S/C14H11Br2NO3S/c1-21(19,20)11-4-2-3-10(8-11)17-14(18)12-7-9(15)5-6-13(12)16/h2-8H,1H3,(H,17,18). The molecule has 0 unspecified atom stereocenters. The van der Waals surface area contributed by atoms with Crippen LogP contribution in [0.5, 0.6) is 0 Å². The number of halogens is 2. The molecule has 1 N–H and O–H groups in total. The summed E-state index contributed by atoms with van der Waals surface area (Å²) < 4.78 is 24.5. The number of nitrogens with one attached hydrogen (secondary N) is 1. The van der Waals surface area contributed by atoms with Gasteiger partial charge >= 0.3 is 0 Å². The topological polar surface area (TPSA) is 63.2 Å². The van der Waals surface area contributed by atoms with Gasteiger partial charge in [0.2, 0.25) is 0 Å². The summed E-state index contributed by atoms with van der Waals surface area (Å²) in [5.74, 6) is -0.325. The first-order valence-corrected chi connectivity index (χ1v) is 9.31. The van der Waals surface area contributed by atoms with Gasteiger partial charge in [0.15, 0.2) is 9.84 Å². The molecule has 110 valence electrons. The third kappa shape index (κ3) is 4.15. The molecule has 0 heterocycles. The molecule has 0 saturated carbocycles. The third-order valence-corrected chi connectivity index (χ3v) is 4.99. The molecule has 2 rings (SSSR count). The van der Waals surface area contributed by atoms with Crippen molar-refractivity contribution in [3.05, 3.63) is 57.0 Å². The average Bonchev–Trinajstić information content (AvgIpc) is 2.41. The van der Waals surface area contributed by atoms with E-state index in [0.717, 1.165) is 10.7 Å². The smallest absolute Gasteiger partial charge is 0.256 e. The van der Waals surface area contributed by atoms with Gasteiger partial charge in [-0.1, -0.05) is 22.0 Å². The lowest BCUT2D eigenvalue weighted by Gasteiger charge is -2.08. The maximum Gasteiger partial charge on any atom is 0.256 e. The number of hydrogen-bond acceptors (Lipinski definition) is 3. The van der Waals surface area contributed by atoms with E-state index in [2.05, 4.69) is 37.2 Å². The Bertz CT molecular complexity index is 804. The molecule has 0 saturated heterocycles. The summed E-state index contributed by atoms with van der Waals surface area (Å²) in [6.07, 6.45) is 1.12. The molecular weight excluding hydrogens is 422 g/mol. The fourth-order valence-corrected chi connectivity index (χ4v) is 3.13. The molecular formula is C14H11Br2NO3S. The number of anilines is 1. The lowest BCUT2D eigenvalue weighted by molar-refractivity contribution is 0.102. The number of amides is 1. The van der Waals surface area contributed by atoms with Crippen LogP contribution in [-0.4, -0.2) is 20.6 Å². The van der Waals surface area contributed by atoms with Crippen LogP contribution in [0.3, 0.4) is 0 Å². The van der Waals surface area contributed by atoms with Gasteiger partial charge in [0.25, 0.3) is 5.91 Å². The van der Waals surface area contributed by atoms with Gasteiger partial charge < -0.3 is 5.32 Å². The Hall–Kier alpha value is -1.18. The van der Waals surface area contributed by atoms with E-state index in [4.69, 9.17) is 0 Å². The first-order valence-electron chi connectivity index (χ1n) is 5.84. The summed E-state index contributed by atoms with van der Waals surface area (Å²) in [7, 11) is -3.31. The molecule has 0 spiro atoms. The van der Waals surface area contributed by atoms with Crippen LogP contribution in [0.25, 0.3) is 0 Å². The van der Waals surface area contributed by atoms with Gasteiger partial charge in [0, 0.05) is 20.9 Å². The summed E-state index contributed by atoms with van der Waals surface area (Å²) in [6, 6.07) is 11.4. The molecule has 4 nitrogen and oxygen atoms in total. The van der Waals surface area contributed by atoms with E-state index in [0.29, 0.717) is 15.7 Å². The molecule has 1 amide bonds. The second-order valence-corrected chi connectivity index (χ2v) is 8.16. The molecule has 0 radical (unpaired) electrons. The molecule has 0 aliphatic carbocycles. The highest BCUT2D eigenvalue weighted by atomic mass is 79.9. The molecule has 21 heavy (non-hydrogen) atoms. The Morgan fingerprint density at radius 3 is 2.48 bits per heavy atom. The summed E-state index contributed by atoms with van der Waals surface area (Å²) in [6.45, 7) is 0. The quantitative estimate of drug-likeness (QED) is 0.800. The lowest BCUT2D eigenvalue weighted by atomic mass is 10.2. The average molecular weight is 433 g/mol. The Balaban J connectivity index is 2.30. The van der Waals surface area contributed by atoms with Crippen LogP contribution in [0.1, 0.15) is 10.4 Å². The van der Waals surface area contributed by atoms with Crippen LogP contribution < -0.4 is 5.32 Å². The van der Waals surface area contributed by atoms with E-state index >= 15 is 0 Å². The van der Waals surface area contributed by atoms with Crippen LogP contribution >= 0.6 is 31.9 Å². The summed E-state index contributed by atoms with van der Waals surface area (Å²) in [4.78, 5) is 12.4. The normalized spacial score (nSPS) is 11.2. The van der Waals surface area contributed by atoms with E-state index < -0.39 is 9.84 Å². The SMILES string of the molecule is CS(=O)(=O)c1cccc(NC(=O)c2cc(Br)ccc2Br)c1. The zero-order valence-corrected chi connectivity index (χ0v) is 14.9. The van der Waals surface area contributed by atoms with Gasteiger partial charge in [-0.15, -0.1) is 0 Å². The molecule has 0 aliphatic rings. The second kappa shape index (κ2) is 6.29. The lowest BCUT2D eigenvalue weighted by Crippen LogP contribution is -2.13. The Kier molecular flexibility index (Phi) is 4.85. The van der Waals surface area contributed by atoms with Gasteiger partial charge in [-0.25, -0.2) is 8.42 Å². The Morgan fingerprint density at radius 2 is 1.81 bits per heavy atom. The van der Waals surface area contributed by atoms with Crippen molar-refractivity contribution in [1.29, 1.82) is 0 Å². The van der Waals surface area contributed by atoms with Crippen LogP contribution in [0.2, 0.25) is 0 Å². The molecule has 7 heteroatoms. The monoisotopic (exact) mass is 431 g/mol. The van der Waals surface area contributed by atoms with Crippen LogP contribution in [-0.2, 0) is 9.84 Å². The number of rotatable bonds is 3. The van der Waals surface area contributed by atoms with E-state index in [-0.39, 0.29) is 10.8 Å². The van der Waals surface area contributed by atoms with Crippen molar-refractivity contribution in [2.45, 2.75) is 4.90 Å². The Labute approximate surface area is 139 Å². The first kappa shape index (κ1) is 16.2. The maximum absolute atomic E-state index is 12.2. The van der Waals surface area contributed by atoms with Crippen molar-refractivity contribution in [3.8, 4) is 0 Å². The molecule has 2 aromatic carbocycles. The van der Waals surface area contributed by atoms with Crippen molar-refractivity contribution in [2.75, 3.05) is 11.6 Å². The van der Waals surface area contributed by atoms with Gasteiger partial charge in [0.05, 0.1) is 10.5 Å². The minimum absolute atomic E-state index is 0.161. The highest BCUT2D eigenvalue weighted by Gasteiger charge is 2.12. The number of benzene rings is 2. The number of carbonyl (C=O) groups excluding carboxylic acids is 1. The fraction of sp³-hybridized carbons (Fsp3) is 0.0714. The molecule has 2 aromatic rings. The largest absolute Gasteiger partial charge is 0.322 e. The minimum Gasteiger partial charge on any atom is -0.322 e. The molecule has 0 aliphatic heterocycles. The summed E-state index contributed by atoms with van der Waals surface area (Å²) in [5.41, 5.74) is 0.879. The molecule has 0 aromatic heterocycles. The van der Waals surface area contributed by atoms with E-state index in [9.17, 15) is 13.2 Å². The zero-order chi connectivity index (χ0) is 15.6. The highest BCUT2D eigenvalue weighted by Crippen LogP contribution is 2.23. The number of sulfone groups is 1. The van der Waals surface area contributed by atoms with E-state index in [1.54, 1.807) is 24.3 Å². The minimum atomic E-state index is -3.31. The Morgan fingerprint density at radius 1 is 1.10 bits per heavy atom. The summed E-state index contributed by atoms with van der Waals surface area (Å²) >= 11 is 6.62. The number of hydrogen-bond donors (Lipinski definition) is 1. The van der Waals surface area contributed by atoms with Gasteiger partial charge in [-0.3, -0.25) is 4.79 Å². The predicted octanol–water partition coefficient (Wildman–Crippen LogP) is 3.87. The van der Waals surface area contributed by atoms with Gasteiger partial charge in [0.1, 0.15) is 0 Å². The van der Waals surface area contributed by atoms with E-state index in [1.165, 1.54) is 12.1 Å². The van der Waals surface area contributed by atoms with E-state index in [1.807, 2.05) is 6.07 Å². The van der Waals surface area contributed by atoms with Crippen LogP contribution in [0.15, 0.2) is 56.3 Å². The van der Waals surface area contributed by atoms with Gasteiger partial charge in [-0.05, 0) is 52.3 Å². The first-order chi connectivity index (χ1) is 9.77. The number of carbonyl (C=O) groups is 1. The van der Waals surface area contributed by atoms with Gasteiger partial charge in [-0.2, -0.15) is 0 Å². The third-order valence-electron chi connectivity index (χ3n) is 2.69. The predicted molar refractivity (Wildman–Crippen MR) is 89.3 cm³/mol. The van der Waals surface area contributed by atoms with Crippen molar-refractivity contribution in [1.82, 2.24) is 0 Å². The van der Waals surface area contributed by atoms with Crippen molar-refractivity contribution in [2.24, 2.45) is 0 Å². The molecule has 0 bridgehead atoms. The van der Waals surface area contributed by atoms with Crippen LogP contribution in [0.4, 0.5) is 5.69 Å². The molecule has 0 atom stereocenters. The second-order valence-electron chi connectivity index (χ2n) is 4.38. The fourth-order valence-electron chi connectivity index (χ4n) is 1.67.